The molecule has 87 heavy (non-hydrogen) atoms. The number of unbranched alkanes of at least 4 members (excludes halogenated alkanes) is 22. The highest BCUT2D eigenvalue weighted by Crippen LogP contribution is 2.23. The van der Waals surface area contributed by atoms with Gasteiger partial charge in [-0.05, 0) is 128 Å². The van der Waals surface area contributed by atoms with Crippen LogP contribution in [0, 0.1) is 0 Å². The summed E-state index contributed by atoms with van der Waals surface area (Å²) in [5.74, 6) is -0.208. The number of allylic oxidation sites excluding steroid dienone is 27. The van der Waals surface area contributed by atoms with E-state index in [0.29, 0.717) is 6.42 Å². The number of aliphatic hydroxyl groups excluding tert-OH is 5. The Labute approximate surface area is 532 Å². The van der Waals surface area contributed by atoms with Crippen molar-refractivity contribution in [2.75, 3.05) is 13.2 Å². The van der Waals surface area contributed by atoms with Crippen LogP contribution in [0.3, 0.4) is 0 Å². The fraction of sp³-hybridized carbons (Fsp3) is 0.628. The molecule has 0 bridgehead atoms. The Hall–Kier alpha value is -4.45. The Bertz CT molecular complexity index is 1980. The normalized spacial score (nSPS) is 19.1. The molecule has 0 radical (unpaired) electrons. The first-order valence-corrected chi connectivity index (χ1v) is 34.9. The quantitative estimate of drug-likeness (QED) is 0.0261. The minimum Gasteiger partial charge on any atom is -0.394 e. The van der Waals surface area contributed by atoms with Crippen LogP contribution in [-0.4, -0.2) is 87.5 Å². The number of carbonyl (C=O) groups excluding carboxylic acids is 1. The molecule has 1 amide bonds. The lowest BCUT2D eigenvalue weighted by Gasteiger charge is -2.40. The fourth-order valence-corrected chi connectivity index (χ4v) is 9.84. The van der Waals surface area contributed by atoms with Gasteiger partial charge in [-0.15, -0.1) is 0 Å². The van der Waals surface area contributed by atoms with Gasteiger partial charge < -0.3 is 40.3 Å². The zero-order valence-corrected chi connectivity index (χ0v) is 55.0. The van der Waals surface area contributed by atoms with E-state index in [4.69, 9.17) is 9.47 Å². The van der Waals surface area contributed by atoms with Crippen LogP contribution >= 0.6 is 0 Å². The van der Waals surface area contributed by atoms with Crippen molar-refractivity contribution in [1.82, 2.24) is 5.32 Å². The van der Waals surface area contributed by atoms with Gasteiger partial charge in [-0.1, -0.05) is 293 Å². The van der Waals surface area contributed by atoms with Gasteiger partial charge in [0, 0.05) is 6.42 Å². The van der Waals surface area contributed by atoms with Crippen molar-refractivity contribution in [3.63, 3.8) is 0 Å². The first-order chi connectivity index (χ1) is 42.8. The maximum atomic E-state index is 13.1. The lowest BCUT2D eigenvalue weighted by atomic mass is 9.99. The molecule has 6 N–H and O–H groups in total. The van der Waals surface area contributed by atoms with Crippen LogP contribution in [0.5, 0.6) is 0 Å². The molecular formula is C78H127NO8. The van der Waals surface area contributed by atoms with Crippen molar-refractivity contribution in [1.29, 1.82) is 0 Å². The van der Waals surface area contributed by atoms with Crippen LogP contribution in [0.4, 0.5) is 0 Å². The molecule has 0 aromatic heterocycles. The molecule has 1 aliphatic rings. The molecule has 9 heteroatoms. The number of nitrogens with one attached hydrogen (secondary N) is 1. The van der Waals surface area contributed by atoms with Crippen LogP contribution in [0.1, 0.15) is 258 Å². The molecular weight excluding hydrogens is 1080 g/mol. The summed E-state index contributed by atoms with van der Waals surface area (Å²) in [7, 11) is 0. The van der Waals surface area contributed by atoms with Crippen LogP contribution in [0.25, 0.3) is 0 Å². The molecule has 1 heterocycles. The third-order valence-electron chi connectivity index (χ3n) is 15.3. The van der Waals surface area contributed by atoms with E-state index in [1.165, 1.54) is 103 Å². The van der Waals surface area contributed by atoms with Crippen molar-refractivity contribution in [3.05, 3.63) is 170 Å². The highest BCUT2D eigenvalue weighted by Gasteiger charge is 2.44. The molecule has 1 aliphatic heterocycles. The molecule has 0 saturated carbocycles. The minimum absolute atomic E-state index is 0.208. The van der Waals surface area contributed by atoms with E-state index in [2.05, 4.69) is 177 Å². The average Bonchev–Trinajstić information content (AvgIpc) is 3.47. The predicted octanol–water partition coefficient (Wildman–Crippen LogP) is 19.3. The molecule has 0 spiro atoms. The van der Waals surface area contributed by atoms with E-state index >= 15 is 0 Å². The lowest BCUT2D eigenvalue weighted by Crippen LogP contribution is -2.60. The van der Waals surface area contributed by atoms with E-state index in [1.807, 2.05) is 6.08 Å². The van der Waals surface area contributed by atoms with Crippen molar-refractivity contribution >= 4 is 5.91 Å². The minimum atomic E-state index is -1.59. The van der Waals surface area contributed by atoms with E-state index in [1.54, 1.807) is 6.08 Å². The van der Waals surface area contributed by atoms with Gasteiger partial charge >= 0.3 is 0 Å². The molecule has 0 aliphatic carbocycles. The Morgan fingerprint density at radius 1 is 0.402 bits per heavy atom. The third-order valence-corrected chi connectivity index (χ3v) is 15.3. The Kier molecular flexibility index (Phi) is 59.8. The SMILES string of the molecule is CC/C=C\C/C=C\C/C=C\C/C=C\C/C=C\C/C=C\C/C=C\C/C=C\C/C=C\C/C=C\C/C=C\CCCCCCCCCC(=O)NC(COC1OC(CO)C(O)C(O)C1O)C(O)/C=C/CC/C=C/CC/C=C/CCCCCCCCCCCCCCC. The summed E-state index contributed by atoms with van der Waals surface area (Å²) >= 11 is 0. The number of rotatable bonds is 58. The first-order valence-electron chi connectivity index (χ1n) is 34.9. The molecule has 9 nitrogen and oxygen atoms in total. The van der Waals surface area contributed by atoms with Crippen LogP contribution in [0.2, 0.25) is 0 Å². The van der Waals surface area contributed by atoms with Crippen LogP contribution in [-0.2, 0) is 14.3 Å². The molecule has 7 atom stereocenters. The predicted molar refractivity (Wildman–Crippen MR) is 372 cm³/mol. The number of hydrogen-bond donors (Lipinski definition) is 6. The van der Waals surface area contributed by atoms with Crippen molar-refractivity contribution < 1.29 is 39.8 Å². The zero-order chi connectivity index (χ0) is 62.8. The Morgan fingerprint density at radius 3 is 1.10 bits per heavy atom. The summed E-state index contributed by atoms with van der Waals surface area (Å²) in [6, 6.07) is -0.848. The largest absolute Gasteiger partial charge is 0.394 e. The van der Waals surface area contributed by atoms with Gasteiger partial charge in [0.2, 0.25) is 5.91 Å². The Morgan fingerprint density at radius 2 is 0.724 bits per heavy atom. The van der Waals surface area contributed by atoms with Crippen molar-refractivity contribution in [2.24, 2.45) is 0 Å². The van der Waals surface area contributed by atoms with Gasteiger partial charge in [0.15, 0.2) is 6.29 Å². The summed E-state index contributed by atoms with van der Waals surface area (Å²) < 4.78 is 11.3. The lowest BCUT2D eigenvalue weighted by molar-refractivity contribution is -0.302. The molecule has 0 aromatic carbocycles. The Balaban J connectivity index is 2.20. The summed E-state index contributed by atoms with van der Waals surface area (Å²) in [6.07, 6.45) is 95.9. The van der Waals surface area contributed by atoms with Crippen LogP contribution < -0.4 is 5.32 Å². The van der Waals surface area contributed by atoms with Gasteiger partial charge in [0.1, 0.15) is 24.4 Å². The van der Waals surface area contributed by atoms with Gasteiger partial charge in [-0.2, -0.15) is 0 Å². The molecule has 1 saturated heterocycles. The highest BCUT2D eigenvalue weighted by molar-refractivity contribution is 5.76. The number of amides is 1. The number of aliphatic hydroxyl groups is 5. The average molecular weight is 1210 g/mol. The van der Waals surface area contributed by atoms with E-state index in [0.717, 1.165) is 135 Å². The number of carbonyl (C=O) groups is 1. The second-order valence-corrected chi connectivity index (χ2v) is 23.2. The van der Waals surface area contributed by atoms with Crippen molar-refractivity contribution in [3.8, 4) is 0 Å². The number of hydrogen-bond acceptors (Lipinski definition) is 8. The maximum Gasteiger partial charge on any atom is 0.220 e. The molecule has 0 aromatic rings. The molecule has 1 rings (SSSR count). The fourth-order valence-electron chi connectivity index (χ4n) is 9.84. The summed E-state index contributed by atoms with van der Waals surface area (Å²) in [4.78, 5) is 13.1. The number of ether oxygens (including phenoxy) is 2. The van der Waals surface area contributed by atoms with Gasteiger partial charge in [-0.3, -0.25) is 4.79 Å². The van der Waals surface area contributed by atoms with Gasteiger partial charge in [0.25, 0.3) is 0 Å². The summed E-state index contributed by atoms with van der Waals surface area (Å²) in [6.45, 7) is 3.64. The third kappa shape index (κ3) is 53.1. The van der Waals surface area contributed by atoms with Crippen molar-refractivity contribution in [2.45, 2.75) is 301 Å². The molecule has 492 valence electrons. The highest BCUT2D eigenvalue weighted by atomic mass is 16.7. The zero-order valence-electron chi connectivity index (χ0n) is 55.0. The monoisotopic (exact) mass is 1210 g/mol. The van der Waals surface area contributed by atoms with Gasteiger partial charge in [0.05, 0.1) is 25.4 Å². The summed E-state index contributed by atoms with van der Waals surface area (Å²) in [5.41, 5.74) is 0. The molecule has 1 fully saturated rings. The second kappa shape index (κ2) is 64.5. The van der Waals surface area contributed by atoms with Crippen LogP contribution in [0.15, 0.2) is 170 Å². The summed E-state index contributed by atoms with van der Waals surface area (Å²) in [5, 5.41) is 54.7. The van der Waals surface area contributed by atoms with E-state index < -0.39 is 49.5 Å². The smallest absolute Gasteiger partial charge is 0.220 e. The van der Waals surface area contributed by atoms with Gasteiger partial charge in [-0.25, -0.2) is 0 Å². The van der Waals surface area contributed by atoms with E-state index in [-0.39, 0.29) is 12.5 Å². The topological polar surface area (TPSA) is 149 Å². The second-order valence-electron chi connectivity index (χ2n) is 23.2. The maximum absolute atomic E-state index is 13.1. The van der Waals surface area contributed by atoms with E-state index in [9.17, 15) is 30.3 Å². The first kappa shape index (κ1) is 80.6. The molecule has 7 unspecified atom stereocenters. The standard InChI is InChI=1S/C78H127NO8/c1-3-5-7-9-11-13-15-17-19-21-23-25-27-28-29-30-31-32-33-34-35-36-37-38-39-40-41-42-43-44-46-48-50-52-54-56-58-60-62-64-66-68-74(82)79-71(70-86-78-77(85)76(84)75(83)73(69-80)87-78)72(81)67-65-63-61-59-57-55-53-51-49-47-45-26-24-22-20-18-16-14-12-10-8-6-4-2/h5,7,11,13,17,19,23,25,28-29,31-32,34-35,37-38,40-41,43-44,48-51,57,59,65,67,71-73,75-78,80-81,83-85H,3-4,6,8-10,12,14-16,18,20-22,24,26-27,30,33,36,39,42,45-47,52-56,58,60-64,66,68-70H2,1-2H3,(H,79,82)/b7-5-,13-11-,19-17-,25-23-,29-28-,32-31-,35-34-,38-37-,41-40-,44-43-,50-48-,51-49+,59-57+,67-65+.